The molecule has 4 fully saturated rings. The second kappa shape index (κ2) is 12.8. The van der Waals surface area contributed by atoms with Crippen LogP contribution in [-0.2, 0) is 13.2 Å². The largest absolute Gasteiger partial charge is 0.462 e. The third kappa shape index (κ3) is 5.84. The fourth-order valence-electron chi connectivity index (χ4n) is 9.39. The van der Waals surface area contributed by atoms with Gasteiger partial charge in [-0.15, -0.1) is 12.3 Å². The molecule has 2 N–H and O–H groups in total. The Labute approximate surface area is 308 Å². The van der Waals surface area contributed by atoms with E-state index in [2.05, 4.69) is 36.2 Å². The normalized spacial score (nSPS) is 24.5. The van der Waals surface area contributed by atoms with Crippen molar-refractivity contribution in [3.05, 3.63) is 35.7 Å². The molecule has 2 bridgehead atoms. The van der Waals surface area contributed by atoms with Gasteiger partial charge in [0.05, 0.1) is 39.3 Å². The molecular formula is C39H42F5N9O. The zero-order chi connectivity index (χ0) is 37.6. The highest BCUT2D eigenvalue weighted by Gasteiger charge is 2.72. The summed E-state index contributed by atoms with van der Waals surface area (Å²) in [6.07, 6.45) is 8.96. The van der Waals surface area contributed by atoms with Crippen molar-refractivity contribution >= 4 is 38.7 Å². The van der Waals surface area contributed by atoms with Gasteiger partial charge in [0.25, 0.3) is 5.92 Å². The van der Waals surface area contributed by atoms with E-state index in [4.69, 9.17) is 21.1 Å². The van der Waals surface area contributed by atoms with Gasteiger partial charge in [0.2, 0.25) is 0 Å². The Kier molecular flexibility index (Phi) is 8.31. The number of fused-ring (bicyclic) bond motifs is 6. The molecule has 54 heavy (non-hydrogen) atoms. The van der Waals surface area contributed by atoms with Crippen LogP contribution in [0.3, 0.4) is 0 Å². The van der Waals surface area contributed by atoms with Crippen LogP contribution in [0.4, 0.5) is 27.8 Å². The zero-order valence-electron chi connectivity index (χ0n) is 30.2. The number of piperidine rings is 1. The monoisotopic (exact) mass is 747 g/mol. The average molecular weight is 748 g/mol. The van der Waals surface area contributed by atoms with E-state index >= 15 is 8.78 Å². The molecule has 5 aromatic rings. The number of nitrogens with one attached hydrogen (secondary N) is 2. The number of ether oxygens (including phenoxy) is 1. The number of H-pyrrole nitrogens is 1. The molecule has 1 saturated carbocycles. The van der Waals surface area contributed by atoms with E-state index in [9.17, 15) is 13.2 Å². The number of hydrogen-bond acceptors (Lipinski definition) is 8. The van der Waals surface area contributed by atoms with E-state index in [0.29, 0.717) is 57.7 Å². The van der Waals surface area contributed by atoms with Crippen LogP contribution in [0.1, 0.15) is 56.1 Å². The Morgan fingerprint density at radius 3 is 2.50 bits per heavy atom. The molecule has 1 aliphatic carbocycles. The smallest absolute Gasteiger partial charge is 0.417 e. The molecule has 0 unspecified atom stereocenters. The Morgan fingerprint density at radius 2 is 1.81 bits per heavy atom. The molecule has 1 aromatic carbocycles. The number of hydrogen-bond donors (Lipinski definition) is 2. The van der Waals surface area contributed by atoms with E-state index in [-0.39, 0.29) is 54.5 Å². The number of nitrogens with zero attached hydrogens (tertiary/aromatic N) is 7. The Balaban J connectivity index is 1.13. The molecule has 3 atom stereocenters. The van der Waals surface area contributed by atoms with Gasteiger partial charge in [0.15, 0.2) is 0 Å². The molecule has 10 nitrogen and oxygen atoms in total. The first kappa shape index (κ1) is 35.2. The quantitative estimate of drug-likeness (QED) is 0.125. The summed E-state index contributed by atoms with van der Waals surface area (Å²) in [6.45, 7) is 4.16. The molecule has 284 valence electrons. The topological polar surface area (TPSA) is 100 Å². The molecule has 9 rings (SSSR count). The van der Waals surface area contributed by atoms with Gasteiger partial charge < -0.3 is 24.4 Å². The summed E-state index contributed by atoms with van der Waals surface area (Å²) >= 11 is 0. The highest BCUT2D eigenvalue weighted by Crippen LogP contribution is 2.61. The summed E-state index contributed by atoms with van der Waals surface area (Å²) < 4.78 is 82.9. The number of aromatic nitrogens is 6. The molecule has 3 saturated heterocycles. The highest BCUT2D eigenvalue weighted by atomic mass is 19.4. The van der Waals surface area contributed by atoms with Crippen LogP contribution in [0.15, 0.2) is 24.5 Å². The maximum atomic E-state index is 15.2. The lowest BCUT2D eigenvalue weighted by molar-refractivity contribution is -0.137. The fourth-order valence-corrected chi connectivity index (χ4v) is 9.39. The predicted octanol–water partition coefficient (Wildman–Crippen LogP) is 6.86. The van der Waals surface area contributed by atoms with Gasteiger partial charge in [-0.3, -0.25) is 10.1 Å². The lowest BCUT2D eigenvalue weighted by Crippen LogP contribution is -2.51. The number of aryl methyl sites for hydroxylation is 2. The zero-order valence-corrected chi connectivity index (χ0v) is 30.2. The average Bonchev–Trinajstić information content (AvgIpc) is 3.54. The van der Waals surface area contributed by atoms with Crippen molar-refractivity contribution in [2.24, 2.45) is 18.4 Å². The van der Waals surface area contributed by atoms with Crippen molar-refractivity contribution in [2.45, 2.75) is 76.1 Å². The van der Waals surface area contributed by atoms with Gasteiger partial charge in [-0.1, -0.05) is 0 Å². The fraction of sp³-hybridized carbons (Fsp3) is 0.538. The van der Waals surface area contributed by atoms with E-state index in [1.807, 2.05) is 0 Å². The number of aromatic amines is 1. The van der Waals surface area contributed by atoms with Gasteiger partial charge in [0.1, 0.15) is 18.1 Å². The summed E-state index contributed by atoms with van der Waals surface area (Å²) in [5, 5.41) is 12.1. The first-order chi connectivity index (χ1) is 25.9. The molecule has 7 heterocycles. The summed E-state index contributed by atoms with van der Waals surface area (Å²) in [7, 11) is 1.73. The van der Waals surface area contributed by atoms with Crippen LogP contribution in [0.5, 0.6) is 6.01 Å². The molecule has 0 spiro atoms. The Bertz CT molecular complexity index is 2290. The molecule has 0 radical (unpaired) electrons. The third-order valence-corrected chi connectivity index (χ3v) is 12.3. The second-order valence-electron chi connectivity index (χ2n) is 15.9. The van der Waals surface area contributed by atoms with Crippen molar-refractivity contribution in [1.82, 2.24) is 39.9 Å². The SMILES string of the molecule is C#CCCC1CCN(C[C@@]2(COc3nc(N4C[C@H]5CC[C@@H](C4)N5)c4c5ccnc(-c6c(C(F)(F)F)c(C)cc7[nH]ncc67)c5n(C)c4n3)CC2(F)F)CC1. The van der Waals surface area contributed by atoms with Crippen molar-refractivity contribution in [2.75, 3.05) is 44.2 Å². The number of halogens is 5. The van der Waals surface area contributed by atoms with Gasteiger partial charge in [0, 0.05) is 74.1 Å². The lowest BCUT2D eigenvalue weighted by atomic mass is 9.91. The number of anilines is 1. The summed E-state index contributed by atoms with van der Waals surface area (Å²) in [5.41, 5.74) is -0.749. The van der Waals surface area contributed by atoms with Crippen LogP contribution in [0.25, 0.3) is 44.1 Å². The molecule has 4 aliphatic rings. The number of terminal acetylenes is 1. The van der Waals surface area contributed by atoms with Gasteiger partial charge in [-0.05, 0) is 75.7 Å². The van der Waals surface area contributed by atoms with Gasteiger partial charge >= 0.3 is 12.2 Å². The third-order valence-electron chi connectivity index (χ3n) is 12.3. The second-order valence-corrected chi connectivity index (χ2v) is 15.9. The number of pyridine rings is 1. The van der Waals surface area contributed by atoms with Crippen molar-refractivity contribution in [1.29, 1.82) is 0 Å². The summed E-state index contributed by atoms with van der Waals surface area (Å²) in [6, 6.07) is 3.66. The number of rotatable bonds is 9. The first-order valence-corrected chi connectivity index (χ1v) is 18.7. The molecule has 4 aromatic heterocycles. The minimum absolute atomic E-state index is 0.0392. The van der Waals surface area contributed by atoms with Crippen LogP contribution in [0.2, 0.25) is 0 Å². The van der Waals surface area contributed by atoms with Crippen molar-refractivity contribution < 1.29 is 26.7 Å². The van der Waals surface area contributed by atoms with Crippen LogP contribution < -0.4 is 15.0 Å². The summed E-state index contributed by atoms with van der Waals surface area (Å²) in [5.74, 6) is 0.888. The van der Waals surface area contributed by atoms with E-state index in [1.165, 1.54) is 25.4 Å². The standard InChI is InChI=1S/C39H42F5N9O/c1-4-5-6-23-10-13-52(14-11-23)20-37(19-38(37,40)41)21-54-36-48-34-30(35(49-36)53-17-24-7-8-25(18-53)47-24)26-9-12-45-32(33(26)51(34)3)29-27-16-46-50-28(27)15-22(2)31(29)39(42,43)44/h1,9,12,15-16,23-25,47H,5-8,10-11,13-14,17-21H2,2-3H3,(H,46,50)/t24-,25+,37-/m1/s1. The van der Waals surface area contributed by atoms with Crippen LogP contribution in [0, 0.1) is 30.6 Å². The van der Waals surface area contributed by atoms with E-state index < -0.39 is 23.1 Å². The van der Waals surface area contributed by atoms with Gasteiger partial charge in [-0.25, -0.2) is 8.78 Å². The number of alkyl halides is 5. The Morgan fingerprint density at radius 1 is 1.07 bits per heavy atom. The van der Waals surface area contributed by atoms with Crippen LogP contribution in [-0.4, -0.2) is 92.0 Å². The minimum Gasteiger partial charge on any atom is -0.462 e. The highest BCUT2D eigenvalue weighted by molar-refractivity contribution is 6.16. The van der Waals surface area contributed by atoms with Gasteiger partial charge in [-0.2, -0.15) is 28.2 Å². The lowest BCUT2D eigenvalue weighted by Gasteiger charge is -2.34. The molecule has 3 aliphatic heterocycles. The summed E-state index contributed by atoms with van der Waals surface area (Å²) in [4.78, 5) is 18.6. The van der Waals surface area contributed by atoms with Crippen molar-refractivity contribution in [3.63, 3.8) is 0 Å². The maximum absolute atomic E-state index is 15.2. The minimum atomic E-state index is -4.68. The molecule has 15 heteroatoms. The number of benzene rings is 1. The van der Waals surface area contributed by atoms with E-state index in [0.717, 1.165) is 51.6 Å². The first-order valence-electron chi connectivity index (χ1n) is 18.7. The number of likely N-dealkylation sites (tertiary alicyclic amines) is 1. The van der Waals surface area contributed by atoms with Crippen LogP contribution >= 0.6 is 0 Å². The van der Waals surface area contributed by atoms with E-state index in [1.54, 1.807) is 17.7 Å². The predicted molar refractivity (Wildman–Crippen MR) is 196 cm³/mol. The van der Waals surface area contributed by atoms with Crippen molar-refractivity contribution in [3.8, 4) is 29.6 Å². The number of piperazine rings is 1. The Hall–Kier alpha value is -4.55. The maximum Gasteiger partial charge on any atom is 0.417 e. The molecule has 0 amide bonds. The molecular weight excluding hydrogens is 705 g/mol.